The van der Waals surface area contributed by atoms with Crippen molar-refractivity contribution in [3.05, 3.63) is 53.3 Å². The third-order valence-electron chi connectivity index (χ3n) is 2.58. The number of nitro benzene ring substituents is 1. The molecule has 0 amide bonds. The molecule has 20 heavy (non-hydrogen) atoms. The summed E-state index contributed by atoms with van der Waals surface area (Å²) in [5.41, 5.74) is 2.57. The summed E-state index contributed by atoms with van der Waals surface area (Å²) in [6.07, 6.45) is 4.10. The van der Waals surface area contributed by atoms with Crippen molar-refractivity contribution < 1.29 is 56.3 Å². The molecule has 1 rings (SSSR count). The van der Waals surface area contributed by atoms with E-state index in [2.05, 4.69) is 27.7 Å². The Balaban J connectivity index is 0. The average molecular weight is 302 g/mol. The number of hydrogen-bond acceptors (Lipinski definition) is 2. The molecule has 0 saturated heterocycles. The molecule has 1 aromatic rings. The number of aryl methyl sites for hydroxylation is 2. The molecule has 0 atom stereocenters. The molecule has 0 aliphatic carbocycles. The molecular weight excluding hydrogens is 277 g/mol. The van der Waals surface area contributed by atoms with Gasteiger partial charge in [-0.1, -0.05) is 26.3 Å². The monoisotopic (exact) mass is 302 g/mol. The Morgan fingerprint density at radius 1 is 1.25 bits per heavy atom. The minimum atomic E-state index is -0.325. The first-order valence-corrected chi connectivity index (χ1v) is 6.84. The van der Waals surface area contributed by atoms with Crippen LogP contribution in [0.1, 0.15) is 44.7 Å². The molecule has 0 aliphatic rings. The maximum Gasteiger partial charge on any atom is 1.00 e. The number of non-ortho nitro benzene ring substituents is 1. The first-order valence-electron chi connectivity index (χ1n) is 6.84. The topological polar surface area (TPSA) is 43.1 Å². The summed E-state index contributed by atoms with van der Waals surface area (Å²) in [7, 11) is 0. The average Bonchev–Trinajstić information content (AvgIpc) is 2.35. The molecule has 0 aromatic heterocycles. The van der Waals surface area contributed by atoms with E-state index >= 15 is 0 Å². The van der Waals surface area contributed by atoms with Crippen LogP contribution in [-0.2, 0) is 12.8 Å². The van der Waals surface area contributed by atoms with Crippen molar-refractivity contribution in [3.63, 3.8) is 0 Å². The Bertz CT molecular complexity index is 389. The van der Waals surface area contributed by atoms with Gasteiger partial charge in [0, 0.05) is 12.1 Å². The number of nitro groups is 1. The van der Waals surface area contributed by atoms with E-state index < -0.39 is 0 Å². The van der Waals surface area contributed by atoms with Crippen LogP contribution < -0.4 is 51.4 Å². The van der Waals surface area contributed by atoms with E-state index in [1.807, 2.05) is 13.0 Å². The molecule has 0 unspecified atom stereocenters. The summed E-state index contributed by atoms with van der Waals surface area (Å²) in [5.74, 6) is 0.333. The number of nitrogens with zero attached hydrogens (tertiary/aromatic N) is 1. The first kappa shape index (κ1) is 22.5. The summed E-state index contributed by atoms with van der Waals surface area (Å²) in [5, 5.41) is 10.6. The maximum atomic E-state index is 10.6. The van der Waals surface area contributed by atoms with E-state index in [4.69, 9.17) is 0 Å². The Kier molecular flexibility index (Phi) is 14.6. The zero-order chi connectivity index (χ0) is 14.8. The van der Waals surface area contributed by atoms with Crippen molar-refractivity contribution in [2.75, 3.05) is 0 Å². The molecule has 0 spiro atoms. The molecule has 0 heterocycles. The van der Waals surface area contributed by atoms with Gasteiger partial charge < -0.3 is 19.8 Å². The molecule has 3 nitrogen and oxygen atoms in total. The molecule has 108 valence electrons. The van der Waals surface area contributed by atoms with E-state index in [0.29, 0.717) is 5.92 Å². The standard InChI is InChI=1S/C12H17NO2.C4H8.K/c1-3-5-6-11-9-12(13(14)15)8-7-10(11)4-2;1-4(2)3;/h7-9H,3-6H2,1-2H3;4H,1-2H2,3H3;/q;-2;+1. The van der Waals surface area contributed by atoms with Gasteiger partial charge in [-0.25, -0.2) is 0 Å². The van der Waals surface area contributed by atoms with Crippen LogP contribution in [-0.4, -0.2) is 4.92 Å². The Labute approximate surface area is 166 Å². The van der Waals surface area contributed by atoms with Gasteiger partial charge in [-0.05, 0) is 30.4 Å². The van der Waals surface area contributed by atoms with Crippen molar-refractivity contribution in [1.82, 2.24) is 0 Å². The van der Waals surface area contributed by atoms with Crippen molar-refractivity contribution >= 4 is 5.69 Å². The molecule has 1 aromatic carbocycles. The third-order valence-corrected chi connectivity index (χ3v) is 2.58. The number of hydrogen-bond donors (Lipinski definition) is 0. The molecule has 0 bridgehead atoms. The van der Waals surface area contributed by atoms with Crippen LogP contribution >= 0.6 is 0 Å². The van der Waals surface area contributed by atoms with Crippen LogP contribution in [0.2, 0.25) is 0 Å². The molecular formula is C16H25KNO2-. The Hall–Kier alpha value is 0.256. The van der Waals surface area contributed by atoms with Crippen molar-refractivity contribution in [2.45, 2.75) is 46.5 Å². The summed E-state index contributed by atoms with van der Waals surface area (Å²) in [4.78, 5) is 10.3. The van der Waals surface area contributed by atoms with Gasteiger partial charge >= 0.3 is 51.4 Å². The summed E-state index contributed by atoms with van der Waals surface area (Å²) >= 11 is 0. The van der Waals surface area contributed by atoms with E-state index in [1.165, 1.54) is 5.56 Å². The van der Waals surface area contributed by atoms with E-state index in [-0.39, 0.29) is 62.0 Å². The Morgan fingerprint density at radius 3 is 2.20 bits per heavy atom. The molecule has 4 heteroatoms. The fraction of sp³-hybridized carbons (Fsp3) is 0.500. The van der Waals surface area contributed by atoms with E-state index in [0.717, 1.165) is 31.2 Å². The second kappa shape index (κ2) is 13.0. The van der Waals surface area contributed by atoms with Crippen LogP contribution in [0, 0.1) is 29.9 Å². The fourth-order valence-electron chi connectivity index (χ4n) is 1.67. The van der Waals surface area contributed by atoms with Gasteiger partial charge in [-0.15, -0.1) is 6.92 Å². The smallest absolute Gasteiger partial charge is 0.370 e. The zero-order valence-corrected chi connectivity index (χ0v) is 16.4. The SMILES string of the molecule is CCCCc1cc([N+](=O)[O-])ccc1CC.[CH2-]C([CH2-])C.[K+]. The summed E-state index contributed by atoms with van der Waals surface area (Å²) in [6.45, 7) is 13.2. The van der Waals surface area contributed by atoms with Crippen LogP contribution in [0.3, 0.4) is 0 Å². The second-order valence-corrected chi connectivity index (χ2v) is 4.77. The molecule has 0 N–H and O–H groups in total. The molecule has 0 fully saturated rings. The first-order chi connectivity index (χ1) is 8.92. The normalized spacial score (nSPS) is 9.50. The van der Waals surface area contributed by atoms with Crippen LogP contribution in [0.15, 0.2) is 18.2 Å². The fourth-order valence-corrected chi connectivity index (χ4v) is 1.67. The molecule has 0 saturated carbocycles. The summed E-state index contributed by atoms with van der Waals surface area (Å²) < 4.78 is 0. The molecule has 0 aliphatic heterocycles. The van der Waals surface area contributed by atoms with Gasteiger partial charge in [0.15, 0.2) is 0 Å². The van der Waals surface area contributed by atoms with Crippen molar-refractivity contribution in [2.24, 2.45) is 5.92 Å². The van der Waals surface area contributed by atoms with Crippen LogP contribution in [0.4, 0.5) is 5.69 Å². The van der Waals surface area contributed by atoms with Crippen molar-refractivity contribution in [3.8, 4) is 0 Å². The van der Waals surface area contributed by atoms with Gasteiger partial charge in [-0.2, -0.15) is 0 Å². The number of unbranched alkanes of at least 4 members (excludes halogenated alkanes) is 1. The minimum absolute atomic E-state index is 0. The third kappa shape index (κ3) is 10.1. The Morgan fingerprint density at radius 2 is 1.80 bits per heavy atom. The maximum absolute atomic E-state index is 10.6. The van der Waals surface area contributed by atoms with Gasteiger partial charge in [-0.3, -0.25) is 10.1 Å². The van der Waals surface area contributed by atoms with Crippen molar-refractivity contribution in [1.29, 1.82) is 0 Å². The minimum Gasteiger partial charge on any atom is -0.370 e. The quantitative estimate of drug-likeness (QED) is 0.360. The predicted molar refractivity (Wildman–Crippen MR) is 81.0 cm³/mol. The van der Waals surface area contributed by atoms with Gasteiger partial charge in [0.05, 0.1) is 4.92 Å². The van der Waals surface area contributed by atoms with Crippen LogP contribution in [0.5, 0.6) is 0 Å². The number of benzene rings is 1. The van der Waals surface area contributed by atoms with E-state index in [9.17, 15) is 10.1 Å². The predicted octanol–water partition coefficient (Wildman–Crippen LogP) is 1.79. The molecule has 0 radical (unpaired) electrons. The largest absolute Gasteiger partial charge is 1.00 e. The van der Waals surface area contributed by atoms with Gasteiger partial charge in [0.25, 0.3) is 5.69 Å². The van der Waals surface area contributed by atoms with Gasteiger partial charge in [0.2, 0.25) is 0 Å². The second-order valence-electron chi connectivity index (χ2n) is 4.77. The zero-order valence-electron chi connectivity index (χ0n) is 13.3. The van der Waals surface area contributed by atoms with Crippen LogP contribution in [0.25, 0.3) is 0 Å². The summed E-state index contributed by atoms with van der Waals surface area (Å²) in [6, 6.07) is 5.19. The van der Waals surface area contributed by atoms with E-state index in [1.54, 1.807) is 12.1 Å². The number of rotatable bonds is 5. The van der Waals surface area contributed by atoms with Gasteiger partial charge in [0.1, 0.15) is 0 Å².